The van der Waals surface area contributed by atoms with Crippen molar-refractivity contribution in [1.82, 2.24) is 29.6 Å². The van der Waals surface area contributed by atoms with Gasteiger partial charge in [-0.15, -0.1) is 11.3 Å². The van der Waals surface area contributed by atoms with E-state index in [0.29, 0.717) is 32.6 Å². The molecule has 2 aliphatic heterocycles. The summed E-state index contributed by atoms with van der Waals surface area (Å²) in [6.45, 7) is 3.68. The third-order valence-electron chi connectivity index (χ3n) is 7.55. The number of imidazole rings is 1. The van der Waals surface area contributed by atoms with E-state index in [9.17, 15) is 9.18 Å². The van der Waals surface area contributed by atoms with E-state index in [1.54, 1.807) is 22.2 Å². The summed E-state index contributed by atoms with van der Waals surface area (Å²) in [5.41, 5.74) is 3.68. The van der Waals surface area contributed by atoms with E-state index < -0.39 is 23.9 Å². The van der Waals surface area contributed by atoms with E-state index >= 15 is 4.39 Å². The van der Waals surface area contributed by atoms with Crippen LogP contribution in [0, 0.1) is 5.82 Å². The van der Waals surface area contributed by atoms with Gasteiger partial charge in [0.05, 0.1) is 40.2 Å². The Morgan fingerprint density at radius 2 is 2.02 bits per heavy atom. The van der Waals surface area contributed by atoms with Gasteiger partial charge in [0.1, 0.15) is 12.0 Å². The normalized spacial score (nSPS) is 17.6. The predicted molar refractivity (Wildman–Crippen MR) is 155 cm³/mol. The number of nitrogens with one attached hydrogen (secondary N) is 2. The standard InChI is InChI=1S/C28H25ClF2N8OS/c29-20-9-16(1-2-23(20)37-6-3-32-4-7-37)17-10-21(31)19-14-39(36-22(19)11-17)26(27(40)35-28-33-5-8-41-28)25-24-12-18(30)13-38(24)15-34-25/h1-2,5,8-11,14-15,18,26,32H,3-4,6-7,12-13H2,(H,33,35,40). The molecule has 1 saturated heterocycles. The van der Waals surface area contributed by atoms with Crippen LogP contribution in [0.5, 0.6) is 0 Å². The number of rotatable bonds is 6. The molecule has 0 radical (unpaired) electrons. The van der Waals surface area contributed by atoms with Crippen LogP contribution in [0.15, 0.2) is 54.4 Å². The second kappa shape index (κ2) is 10.5. The van der Waals surface area contributed by atoms with E-state index in [1.807, 2.05) is 18.2 Å². The molecule has 3 aromatic heterocycles. The third kappa shape index (κ3) is 4.85. The summed E-state index contributed by atoms with van der Waals surface area (Å²) in [6.07, 6.45) is 3.69. The Balaban J connectivity index is 1.26. The van der Waals surface area contributed by atoms with Crippen LogP contribution in [0.1, 0.15) is 17.4 Å². The largest absolute Gasteiger partial charge is 0.368 e. The molecule has 2 atom stereocenters. The minimum absolute atomic E-state index is 0.139. The lowest BCUT2D eigenvalue weighted by Crippen LogP contribution is -2.43. The molecule has 2 aliphatic rings. The molecule has 5 heterocycles. The van der Waals surface area contributed by atoms with E-state index in [1.165, 1.54) is 34.6 Å². The molecule has 0 aliphatic carbocycles. The number of carbonyl (C=O) groups is 1. The maximum atomic E-state index is 15.5. The number of benzene rings is 2. The lowest BCUT2D eigenvalue weighted by atomic mass is 10.0. The molecule has 41 heavy (non-hydrogen) atoms. The number of carbonyl (C=O) groups excluding carboxylic acids is 1. The number of fused-ring (bicyclic) bond motifs is 2. The summed E-state index contributed by atoms with van der Waals surface area (Å²) in [5.74, 6) is -0.934. The van der Waals surface area contributed by atoms with Crippen molar-refractivity contribution in [2.75, 3.05) is 36.4 Å². The van der Waals surface area contributed by atoms with Gasteiger partial charge >= 0.3 is 0 Å². The monoisotopic (exact) mass is 594 g/mol. The third-order valence-corrected chi connectivity index (χ3v) is 8.54. The van der Waals surface area contributed by atoms with Crippen molar-refractivity contribution in [3.8, 4) is 11.1 Å². The van der Waals surface area contributed by atoms with Crippen LogP contribution >= 0.6 is 22.9 Å². The number of amides is 1. The minimum Gasteiger partial charge on any atom is -0.368 e. The summed E-state index contributed by atoms with van der Waals surface area (Å²) < 4.78 is 32.9. The summed E-state index contributed by atoms with van der Waals surface area (Å²) in [4.78, 5) is 24.4. The summed E-state index contributed by atoms with van der Waals surface area (Å²) in [6, 6.07) is 7.88. The SMILES string of the molecule is O=C(Nc1nccs1)C(c1ncn2c1CC(F)C2)n1cc2c(F)cc(-c3ccc(N4CCNCC4)c(Cl)c3)cc2n1. The number of hydrogen-bond donors (Lipinski definition) is 2. The maximum Gasteiger partial charge on any atom is 0.257 e. The Kier molecular flexibility index (Phi) is 6.68. The second-order valence-corrected chi connectivity index (χ2v) is 11.5. The lowest BCUT2D eigenvalue weighted by Gasteiger charge is -2.30. The fourth-order valence-electron chi connectivity index (χ4n) is 5.59. The molecule has 2 aromatic carbocycles. The molecule has 2 N–H and O–H groups in total. The zero-order chi connectivity index (χ0) is 28.1. The van der Waals surface area contributed by atoms with Crippen molar-refractivity contribution in [3.63, 3.8) is 0 Å². The molecule has 2 unspecified atom stereocenters. The summed E-state index contributed by atoms with van der Waals surface area (Å²) in [7, 11) is 0. The molecule has 1 fully saturated rings. The van der Waals surface area contributed by atoms with Crippen LogP contribution in [0.25, 0.3) is 22.0 Å². The zero-order valence-corrected chi connectivity index (χ0v) is 23.3. The number of halogens is 3. The first-order chi connectivity index (χ1) is 19.9. The van der Waals surface area contributed by atoms with Crippen molar-refractivity contribution in [1.29, 1.82) is 0 Å². The fourth-order valence-corrected chi connectivity index (χ4v) is 6.43. The highest BCUT2D eigenvalue weighted by molar-refractivity contribution is 7.13. The van der Waals surface area contributed by atoms with Gasteiger partial charge in [-0.2, -0.15) is 5.10 Å². The van der Waals surface area contributed by atoms with E-state index in [-0.39, 0.29) is 18.4 Å². The molecule has 1 amide bonds. The minimum atomic E-state index is -1.06. The maximum absolute atomic E-state index is 15.5. The van der Waals surface area contributed by atoms with Gasteiger partial charge in [-0.05, 0) is 35.4 Å². The van der Waals surface area contributed by atoms with E-state index in [2.05, 4.69) is 30.6 Å². The Bertz CT molecular complexity index is 1750. The Morgan fingerprint density at radius 1 is 1.17 bits per heavy atom. The van der Waals surface area contributed by atoms with Crippen LogP contribution in [0.3, 0.4) is 0 Å². The molecular formula is C28H25ClF2N8OS. The number of nitrogens with zero attached hydrogens (tertiary/aromatic N) is 6. The van der Waals surface area contributed by atoms with E-state index in [4.69, 9.17) is 11.6 Å². The Morgan fingerprint density at radius 3 is 2.80 bits per heavy atom. The molecule has 210 valence electrons. The number of piperazine rings is 1. The quantitative estimate of drug-likeness (QED) is 0.297. The van der Waals surface area contributed by atoms with Crippen molar-refractivity contribution < 1.29 is 13.6 Å². The highest BCUT2D eigenvalue weighted by Crippen LogP contribution is 2.35. The molecule has 9 nitrogen and oxygen atoms in total. The fraction of sp³-hybridized carbons (Fsp3) is 0.286. The van der Waals surface area contributed by atoms with Gasteiger partial charge in [0.2, 0.25) is 0 Å². The number of hydrogen-bond acceptors (Lipinski definition) is 7. The average molecular weight is 595 g/mol. The van der Waals surface area contributed by atoms with Gasteiger partial charge < -0.3 is 14.8 Å². The van der Waals surface area contributed by atoms with Crippen molar-refractivity contribution in [2.24, 2.45) is 0 Å². The Hall–Kier alpha value is -3.87. The predicted octanol–water partition coefficient (Wildman–Crippen LogP) is 4.68. The van der Waals surface area contributed by atoms with Gasteiger partial charge in [0.15, 0.2) is 11.2 Å². The summed E-state index contributed by atoms with van der Waals surface area (Å²) >= 11 is 7.93. The first-order valence-electron chi connectivity index (χ1n) is 13.3. The lowest BCUT2D eigenvalue weighted by molar-refractivity contribution is -0.118. The van der Waals surface area contributed by atoms with Crippen molar-refractivity contribution in [3.05, 3.63) is 76.7 Å². The van der Waals surface area contributed by atoms with Gasteiger partial charge in [-0.3, -0.25) is 14.8 Å². The number of alkyl halides is 1. The number of anilines is 2. The second-order valence-electron chi connectivity index (χ2n) is 10.2. The van der Waals surface area contributed by atoms with E-state index in [0.717, 1.165) is 37.4 Å². The molecule has 0 bridgehead atoms. The van der Waals surface area contributed by atoms with Gasteiger partial charge in [0.25, 0.3) is 5.91 Å². The van der Waals surface area contributed by atoms with Crippen LogP contribution in [0.2, 0.25) is 5.02 Å². The van der Waals surface area contributed by atoms with Crippen LogP contribution < -0.4 is 15.5 Å². The smallest absolute Gasteiger partial charge is 0.257 e. The first kappa shape index (κ1) is 26.1. The molecule has 0 spiro atoms. The topological polar surface area (TPSA) is 92.9 Å². The molecule has 13 heteroatoms. The summed E-state index contributed by atoms with van der Waals surface area (Å²) in [5, 5.41) is 13.8. The van der Waals surface area contributed by atoms with Gasteiger partial charge in [-0.1, -0.05) is 17.7 Å². The highest BCUT2D eigenvalue weighted by atomic mass is 35.5. The van der Waals surface area contributed by atoms with Crippen LogP contribution in [-0.2, 0) is 17.8 Å². The van der Waals surface area contributed by atoms with Gasteiger partial charge in [0, 0.05) is 56.1 Å². The van der Waals surface area contributed by atoms with Crippen molar-refractivity contribution >= 4 is 50.6 Å². The molecule has 0 saturated carbocycles. The number of thiazole rings is 1. The van der Waals surface area contributed by atoms with Crippen LogP contribution in [-0.4, -0.2) is 62.6 Å². The van der Waals surface area contributed by atoms with Crippen molar-refractivity contribution in [2.45, 2.75) is 25.2 Å². The Labute approximate surface area is 242 Å². The zero-order valence-electron chi connectivity index (χ0n) is 21.7. The highest BCUT2D eigenvalue weighted by Gasteiger charge is 2.34. The van der Waals surface area contributed by atoms with Crippen LogP contribution in [0.4, 0.5) is 19.6 Å². The first-order valence-corrected chi connectivity index (χ1v) is 14.5. The molecule has 5 aromatic rings. The number of aromatic nitrogens is 5. The average Bonchev–Trinajstić information content (AvgIpc) is 3.76. The van der Waals surface area contributed by atoms with Gasteiger partial charge in [-0.25, -0.2) is 18.7 Å². The molecule has 7 rings (SSSR count). The molecular weight excluding hydrogens is 570 g/mol.